The van der Waals surface area contributed by atoms with Crippen LogP contribution in [0.15, 0.2) is 24.3 Å². The Morgan fingerprint density at radius 1 is 1.43 bits per heavy atom. The molecule has 1 aliphatic rings. The van der Waals surface area contributed by atoms with Gasteiger partial charge in [-0.05, 0) is 18.9 Å². The topological polar surface area (TPSA) is 71.1 Å². The number of para-hydroxylation sites is 1. The maximum atomic E-state index is 12.3. The lowest BCUT2D eigenvalue weighted by Gasteiger charge is -2.17. The van der Waals surface area contributed by atoms with E-state index in [1.54, 1.807) is 19.1 Å². The predicted molar refractivity (Wildman–Crippen MR) is 77.1 cm³/mol. The number of amides is 1. The van der Waals surface area contributed by atoms with Gasteiger partial charge in [0.25, 0.3) is 5.91 Å². The Morgan fingerprint density at radius 2 is 2.19 bits per heavy atom. The van der Waals surface area contributed by atoms with E-state index in [1.165, 1.54) is 0 Å². The van der Waals surface area contributed by atoms with Crippen molar-refractivity contribution < 1.29 is 9.53 Å². The first-order valence-corrected chi connectivity index (χ1v) is 6.98. The number of carbonyl (C=O) groups excluding carboxylic acids is 1. The molecule has 1 aromatic heterocycles. The fourth-order valence-corrected chi connectivity index (χ4v) is 2.24. The third kappa shape index (κ3) is 2.89. The minimum absolute atomic E-state index is 0.191. The summed E-state index contributed by atoms with van der Waals surface area (Å²) < 4.78 is 5.30. The van der Waals surface area contributed by atoms with Gasteiger partial charge in [0, 0.05) is 25.1 Å². The molecule has 0 unspecified atom stereocenters. The molecule has 2 aromatic rings. The molecule has 6 nitrogen and oxygen atoms in total. The first-order chi connectivity index (χ1) is 10.2. The fourth-order valence-electron chi connectivity index (χ4n) is 2.24. The van der Waals surface area contributed by atoms with Crippen LogP contribution in [0.4, 0.5) is 0 Å². The number of nitrogens with zero attached hydrogens (tertiary/aromatic N) is 3. The highest BCUT2D eigenvalue weighted by Gasteiger charge is 2.28. The van der Waals surface area contributed by atoms with Crippen LogP contribution in [-0.2, 0) is 6.54 Å². The number of benzene rings is 1. The number of hydrogen-bond donors (Lipinski definition) is 1. The van der Waals surface area contributed by atoms with E-state index < -0.39 is 0 Å². The zero-order valence-electron chi connectivity index (χ0n) is 12.2. The summed E-state index contributed by atoms with van der Waals surface area (Å²) in [7, 11) is 3.36. The van der Waals surface area contributed by atoms with Crippen LogP contribution in [0.2, 0.25) is 0 Å². The van der Waals surface area contributed by atoms with Crippen molar-refractivity contribution in [1.29, 1.82) is 0 Å². The molecular formula is C15H18N4O2. The molecule has 0 radical (unpaired) electrons. The van der Waals surface area contributed by atoms with Gasteiger partial charge in [-0.3, -0.25) is 9.89 Å². The number of carbonyl (C=O) groups is 1. The quantitative estimate of drug-likeness (QED) is 0.912. The maximum Gasteiger partial charge on any atom is 0.293 e. The Morgan fingerprint density at radius 3 is 2.90 bits per heavy atom. The second-order valence-electron chi connectivity index (χ2n) is 5.29. The third-order valence-electron chi connectivity index (χ3n) is 3.60. The van der Waals surface area contributed by atoms with Crippen LogP contribution in [0.5, 0.6) is 5.75 Å². The van der Waals surface area contributed by atoms with Crippen LogP contribution in [-0.4, -0.2) is 40.1 Å². The Kier molecular flexibility index (Phi) is 3.60. The van der Waals surface area contributed by atoms with E-state index in [0.29, 0.717) is 12.5 Å². The van der Waals surface area contributed by atoms with Gasteiger partial charge in [0.05, 0.1) is 7.11 Å². The van der Waals surface area contributed by atoms with Gasteiger partial charge in [0.2, 0.25) is 5.82 Å². The predicted octanol–water partition coefficient (Wildman–Crippen LogP) is 1.96. The number of methoxy groups -OCH3 is 1. The van der Waals surface area contributed by atoms with Crippen molar-refractivity contribution >= 4 is 5.91 Å². The number of aromatic amines is 1. The Balaban J connectivity index is 1.71. The number of H-pyrrole nitrogens is 1. The molecule has 6 heteroatoms. The molecule has 1 aliphatic carbocycles. The van der Waals surface area contributed by atoms with Gasteiger partial charge < -0.3 is 9.64 Å². The van der Waals surface area contributed by atoms with Crippen molar-refractivity contribution in [2.45, 2.75) is 25.3 Å². The van der Waals surface area contributed by atoms with Gasteiger partial charge in [-0.25, -0.2) is 4.98 Å². The van der Waals surface area contributed by atoms with Crippen LogP contribution >= 0.6 is 0 Å². The van der Waals surface area contributed by atoms with Crippen LogP contribution in [0, 0.1) is 0 Å². The molecule has 1 amide bonds. The van der Waals surface area contributed by atoms with Gasteiger partial charge in [-0.15, -0.1) is 5.10 Å². The van der Waals surface area contributed by atoms with Crippen molar-refractivity contribution in [3.8, 4) is 5.75 Å². The molecule has 1 aromatic carbocycles. The molecule has 3 rings (SSSR count). The van der Waals surface area contributed by atoms with E-state index in [1.807, 2.05) is 24.3 Å². The Bertz CT molecular complexity index is 649. The highest BCUT2D eigenvalue weighted by atomic mass is 16.5. The zero-order valence-corrected chi connectivity index (χ0v) is 12.2. The highest BCUT2D eigenvalue weighted by molar-refractivity contribution is 5.90. The molecule has 21 heavy (non-hydrogen) atoms. The van der Waals surface area contributed by atoms with Gasteiger partial charge in [0.15, 0.2) is 0 Å². The van der Waals surface area contributed by atoms with E-state index in [9.17, 15) is 4.79 Å². The SMILES string of the molecule is COc1ccccc1CN(C)C(=O)c1n[nH]c(C2CC2)n1. The molecule has 0 spiro atoms. The number of nitrogens with one attached hydrogen (secondary N) is 1. The van der Waals surface area contributed by atoms with Crippen molar-refractivity contribution in [1.82, 2.24) is 20.1 Å². The molecule has 0 saturated heterocycles. The summed E-state index contributed by atoms with van der Waals surface area (Å²) in [5, 5.41) is 6.88. The summed E-state index contributed by atoms with van der Waals surface area (Å²) >= 11 is 0. The average Bonchev–Trinajstić information content (AvgIpc) is 3.24. The number of aromatic nitrogens is 3. The lowest BCUT2D eigenvalue weighted by Crippen LogP contribution is -2.27. The van der Waals surface area contributed by atoms with Gasteiger partial charge in [0.1, 0.15) is 11.6 Å². The molecule has 110 valence electrons. The van der Waals surface area contributed by atoms with Gasteiger partial charge in [-0.1, -0.05) is 18.2 Å². The van der Waals surface area contributed by atoms with E-state index in [0.717, 1.165) is 30.0 Å². The van der Waals surface area contributed by atoms with Crippen molar-refractivity contribution in [3.05, 3.63) is 41.5 Å². The fraction of sp³-hybridized carbons (Fsp3) is 0.400. The molecule has 0 atom stereocenters. The Hall–Kier alpha value is -2.37. The molecule has 1 heterocycles. The molecule has 1 fully saturated rings. The lowest BCUT2D eigenvalue weighted by atomic mass is 10.2. The standard InChI is InChI=1S/C15H18N4O2/c1-19(9-11-5-3-4-6-12(11)21-2)15(20)14-16-13(17-18-14)10-7-8-10/h3-6,10H,7-9H2,1-2H3,(H,16,17,18). The normalized spacial score (nSPS) is 14.0. The van der Waals surface area contributed by atoms with E-state index in [4.69, 9.17) is 4.74 Å². The van der Waals surface area contributed by atoms with E-state index in [-0.39, 0.29) is 11.7 Å². The molecule has 1 saturated carbocycles. The number of ether oxygens (including phenoxy) is 1. The summed E-state index contributed by atoms with van der Waals surface area (Å²) in [6.45, 7) is 0.455. The number of hydrogen-bond acceptors (Lipinski definition) is 4. The number of rotatable bonds is 5. The monoisotopic (exact) mass is 286 g/mol. The molecule has 0 bridgehead atoms. The van der Waals surface area contributed by atoms with Crippen LogP contribution < -0.4 is 4.74 Å². The van der Waals surface area contributed by atoms with Crippen molar-refractivity contribution in [2.75, 3.05) is 14.2 Å². The van der Waals surface area contributed by atoms with Gasteiger partial charge >= 0.3 is 0 Å². The second kappa shape index (κ2) is 5.55. The maximum absolute atomic E-state index is 12.3. The van der Waals surface area contributed by atoms with Crippen LogP contribution in [0.3, 0.4) is 0 Å². The smallest absolute Gasteiger partial charge is 0.293 e. The lowest BCUT2D eigenvalue weighted by molar-refractivity contribution is 0.0772. The summed E-state index contributed by atoms with van der Waals surface area (Å²) in [5.41, 5.74) is 0.953. The molecule has 0 aliphatic heterocycles. The first kappa shape index (κ1) is 13.6. The van der Waals surface area contributed by atoms with E-state index in [2.05, 4.69) is 15.2 Å². The minimum Gasteiger partial charge on any atom is -0.496 e. The van der Waals surface area contributed by atoms with Crippen molar-refractivity contribution in [3.63, 3.8) is 0 Å². The summed E-state index contributed by atoms with van der Waals surface area (Å²) in [5.74, 6) is 2.09. The third-order valence-corrected chi connectivity index (χ3v) is 3.60. The molecular weight excluding hydrogens is 268 g/mol. The zero-order chi connectivity index (χ0) is 14.8. The largest absolute Gasteiger partial charge is 0.496 e. The minimum atomic E-state index is -0.191. The van der Waals surface area contributed by atoms with E-state index >= 15 is 0 Å². The second-order valence-corrected chi connectivity index (χ2v) is 5.29. The van der Waals surface area contributed by atoms with Crippen molar-refractivity contribution in [2.24, 2.45) is 0 Å². The summed E-state index contributed by atoms with van der Waals surface area (Å²) in [6, 6.07) is 7.65. The highest BCUT2D eigenvalue weighted by Crippen LogP contribution is 2.37. The average molecular weight is 286 g/mol. The molecule has 1 N–H and O–H groups in total. The van der Waals surface area contributed by atoms with Crippen LogP contribution in [0.25, 0.3) is 0 Å². The Labute approximate surface area is 123 Å². The first-order valence-electron chi connectivity index (χ1n) is 6.98. The van der Waals surface area contributed by atoms with Crippen LogP contribution in [0.1, 0.15) is 40.8 Å². The summed E-state index contributed by atoms with van der Waals surface area (Å²) in [4.78, 5) is 18.2. The summed E-state index contributed by atoms with van der Waals surface area (Å²) in [6.07, 6.45) is 2.25. The van der Waals surface area contributed by atoms with Gasteiger partial charge in [-0.2, -0.15) is 0 Å².